The Hall–Kier alpha value is -1.58. The monoisotopic (exact) mass is 308 g/mol. The largest absolute Gasteiger partial charge is 0.320 e. The number of aromatic nitrogens is 1. The Bertz CT molecular complexity index is 661. The number of hydrogen-bond donors (Lipinski definition) is 1. The first-order valence-electron chi connectivity index (χ1n) is 6.09. The Balaban J connectivity index is 2.33. The van der Waals surface area contributed by atoms with E-state index in [-0.39, 0.29) is 5.91 Å². The second kappa shape index (κ2) is 5.81. The van der Waals surface area contributed by atoms with Gasteiger partial charge in [0.15, 0.2) is 0 Å². The molecule has 0 aliphatic carbocycles. The van der Waals surface area contributed by atoms with Crippen molar-refractivity contribution in [2.75, 3.05) is 5.32 Å². The summed E-state index contributed by atoms with van der Waals surface area (Å²) in [4.78, 5) is 16.6. The molecule has 2 aromatic rings. The quantitative estimate of drug-likeness (QED) is 0.883. The molecule has 1 aromatic carbocycles. The van der Waals surface area contributed by atoms with E-state index in [1.54, 1.807) is 18.2 Å². The number of nitrogens with one attached hydrogen (secondary N) is 1. The van der Waals surface area contributed by atoms with E-state index in [4.69, 9.17) is 23.2 Å². The lowest BCUT2D eigenvalue weighted by atomic mass is 10.1. The molecule has 0 saturated carbocycles. The van der Waals surface area contributed by atoms with Gasteiger partial charge in [0.25, 0.3) is 5.91 Å². The van der Waals surface area contributed by atoms with Crippen LogP contribution in [0.1, 0.15) is 27.3 Å². The van der Waals surface area contributed by atoms with Gasteiger partial charge in [0.05, 0.1) is 22.0 Å². The summed E-state index contributed by atoms with van der Waals surface area (Å²) in [5.74, 6) is -0.275. The Morgan fingerprint density at radius 2 is 1.85 bits per heavy atom. The van der Waals surface area contributed by atoms with Crippen molar-refractivity contribution in [1.29, 1.82) is 0 Å². The number of pyridine rings is 1. The van der Waals surface area contributed by atoms with Gasteiger partial charge in [-0.05, 0) is 50.6 Å². The van der Waals surface area contributed by atoms with Gasteiger partial charge >= 0.3 is 0 Å². The Labute approximate surface area is 127 Å². The highest BCUT2D eigenvalue weighted by Gasteiger charge is 2.14. The molecule has 0 bridgehead atoms. The fraction of sp³-hybridized carbons (Fsp3) is 0.200. The van der Waals surface area contributed by atoms with Gasteiger partial charge in [-0.2, -0.15) is 0 Å². The van der Waals surface area contributed by atoms with Crippen molar-refractivity contribution < 1.29 is 4.79 Å². The number of hydrogen-bond acceptors (Lipinski definition) is 2. The molecule has 0 fully saturated rings. The van der Waals surface area contributed by atoms with E-state index >= 15 is 0 Å². The second-order valence-electron chi connectivity index (χ2n) is 4.62. The lowest BCUT2D eigenvalue weighted by Gasteiger charge is -2.12. The molecule has 0 radical (unpaired) electrons. The van der Waals surface area contributed by atoms with Crippen molar-refractivity contribution in [3.63, 3.8) is 0 Å². The van der Waals surface area contributed by atoms with Crippen LogP contribution in [0.5, 0.6) is 0 Å². The Morgan fingerprint density at radius 3 is 2.45 bits per heavy atom. The molecule has 0 saturated heterocycles. The number of carbonyl (C=O) groups excluding carboxylic acids is 1. The summed E-state index contributed by atoms with van der Waals surface area (Å²) in [7, 11) is 0. The summed E-state index contributed by atoms with van der Waals surface area (Å²) >= 11 is 11.9. The molecule has 1 aromatic heterocycles. The van der Waals surface area contributed by atoms with Gasteiger partial charge in [-0.3, -0.25) is 9.78 Å². The summed E-state index contributed by atoms with van der Waals surface area (Å²) in [5, 5.41) is 3.67. The first kappa shape index (κ1) is 14.8. The van der Waals surface area contributed by atoms with Crippen LogP contribution in [0.3, 0.4) is 0 Å². The molecule has 3 nitrogen and oxygen atoms in total. The number of anilines is 1. The topological polar surface area (TPSA) is 42.0 Å². The number of halogens is 2. The maximum atomic E-state index is 12.3. The SMILES string of the molecule is Cc1cc(C)c(NC(=O)c2ccc(Cl)cc2Cl)c(C)n1. The molecule has 0 unspecified atom stereocenters. The fourth-order valence-corrected chi connectivity index (χ4v) is 2.56. The molecular formula is C15H14Cl2N2O. The van der Waals surface area contributed by atoms with Crippen molar-refractivity contribution >= 4 is 34.8 Å². The molecule has 1 heterocycles. The van der Waals surface area contributed by atoms with Crippen molar-refractivity contribution in [1.82, 2.24) is 4.98 Å². The second-order valence-corrected chi connectivity index (χ2v) is 5.46. The van der Waals surface area contributed by atoms with Gasteiger partial charge in [0.2, 0.25) is 0 Å². The number of benzene rings is 1. The van der Waals surface area contributed by atoms with Crippen molar-refractivity contribution in [2.45, 2.75) is 20.8 Å². The van der Waals surface area contributed by atoms with Crippen LogP contribution in [-0.2, 0) is 0 Å². The zero-order valence-electron chi connectivity index (χ0n) is 11.4. The van der Waals surface area contributed by atoms with E-state index in [1.807, 2.05) is 26.8 Å². The van der Waals surface area contributed by atoms with Crippen molar-refractivity contribution in [3.8, 4) is 0 Å². The molecular weight excluding hydrogens is 295 g/mol. The van der Waals surface area contributed by atoms with Crippen molar-refractivity contribution in [3.05, 3.63) is 56.8 Å². The van der Waals surface area contributed by atoms with Crippen LogP contribution in [0.4, 0.5) is 5.69 Å². The van der Waals surface area contributed by atoms with E-state index in [0.29, 0.717) is 21.3 Å². The summed E-state index contributed by atoms with van der Waals surface area (Å²) in [5.41, 5.74) is 3.76. The molecule has 20 heavy (non-hydrogen) atoms. The average molecular weight is 309 g/mol. The number of amides is 1. The highest BCUT2D eigenvalue weighted by molar-refractivity contribution is 6.37. The molecule has 0 atom stereocenters. The molecule has 0 aliphatic rings. The third-order valence-corrected chi connectivity index (χ3v) is 3.49. The number of rotatable bonds is 2. The van der Waals surface area contributed by atoms with Crippen LogP contribution in [0.2, 0.25) is 10.0 Å². The van der Waals surface area contributed by atoms with Gasteiger partial charge in [-0.25, -0.2) is 0 Å². The first-order valence-corrected chi connectivity index (χ1v) is 6.85. The van der Waals surface area contributed by atoms with Gasteiger partial charge in [-0.15, -0.1) is 0 Å². The molecule has 1 amide bonds. The highest BCUT2D eigenvalue weighted by Crippen LogP contribution is 2.24. The molecule has 0 aliphatic heterocycles. The minimum absolute atomic E-state index is 0.275. The number of carbonyl (C=O) groups is 1. The maximum Gasteiger partial charge on any atom is 0.257 e. The molecule has 0 spiro atoms. The van der Waals surface area contributed by atoms with Gasteiger partial charge in [0.1, 0.15) is 0 Å². The van der Waals surface area contributed by atoms with Gasteiger partial charge in [0, 0.05) is 10.7 Å². The van der Waals surface area contributed by atoms with E-state index < -0.39 is 0 Å². The zero-order chi connectivity index (χ0) is 14.9. The van der Waals surface area contributed by atoms with E-state index in [2.05, 4.69) is 10.3 Å². The van der Waals surface area contributed by atoms with Crippen LogP contribution in [-0.4, -0.2) is 10.9 Å². The normalized spacial score (nSPS) is 10.4. The average Bonchev–Trinajstić information content (AvgIpc) is 2.33. The standard InChI is InChI=1S/C15H14Cl2N2O/c1-8-6-9(2)18-10(3)14(8)19-15(20)12-5-4-11(16)7-13(12)17/h4-7H,1-3H3,(H,19,20). The van der Waals surface area contributed by atoms with Crippen LogP contribution in [0.25, 0.3) is 0 Å². The maximum absolute atomic E-state index is 12.3. The molecule has 104 valence electrons. The summed E-state index contributed by atoms with van der Waals surface area (Å²) in [6, 6.07) is 6.71. The Morgan fingerprint density at radius 1 is 1.15 bits per heavy atom. The Kier molecular flexibility index (Phi) is 4.31. The van der Waals surface area contributed by atoms with Gasteiger partial charge < -0.3 is 5.32 Å². The smallest absolute Gasteiger partial charge is 0.257 e. The molecule has 2 rings (SSSR count). The lowest BCUT2D eigenvalue weighted by molar-refractivity contribution is 0.102. The molecule has 1 N–H and O–H groups in total. The minimum Gasteiger partial charge on any atom is -0.320 e. The van der Waals surface area contributed by atoms with E-state index in [9.17, 15) is 4.79 Å². The summed E-state index contributed by atoms with van der Waals surface area (Å²) < 4.78 is 0. The number of nitrogens with zero attached hydrogens (tertiary/aromatic N) is 1. The van der Waals surface area contributed by atoms with Crippen LogP contribution in [0, 0.1) is 20.8 Å². The highest BCUT2D eigenvalue weighted by atomic mass is 35.5. The lowest BCUT2D eigenvalue weighted by Crippen LogP contribution is -2.15. The van der Waals surface area contributed by atoms with Crippen molar-refractivity contribution in [2.24, 2.45) is 0 Å². The van der Waals surface area contributed by atoms with E-state index in [1.165, 1.54) is 0 Å². The predicted molar refractivity (Wildman–Crippen MR) is 82.9 cm³/mol. The third-order valence-electron chi connectivity index (χ3n) is 2.94. The van der Waals surface area contributed by atoms with E-state index in [0.717, 1.165) is 17.0 Å². The summed E-state index contributed by atoms with van der Waals surface area (Å²) in [6.45, 7) is 5.71. The minimum atomic E-state index is -0.275. The summed E-state index contributed by atoms with van der Waals surface area (Å²) in [6.07, 6.45) is 0. The molecule has 5 heteroatoms. The number of aryl methyl sites for hydroxylation is 3. The van der Waals surface area contributed by atoms with Crippen LogP contribution >= 0.6 is 23.2 Å². The first-order chi connectivity index (χ1) is 9.38. The van der Waals surface area contributed by atoms with Crippen LogP contribution < -0.4 is 5.32 Å². The predicted octanol–water partition coefficient (Wildman–Crippen LogP) is 4.57. The zero-order valence-corrected chi connectivity index (χ0v) is 12.9. The van der Waals surface area contributed by atoms with Gasteiger partial charge in [-0.1, -0.05) is 23.2 Å². The fourth-order valence-electron chi connectivity index (χ4n) is 2.07. The van der Waals surface area contributed by atoms with Crippen LogP contribution in [0.15, 0.2) is 24.3 Å². The third kappa shape index (κ3) is 3.11.